The normalized spacial score (nSPS) is 28.8. The fourth-order valence-electron chi connectivity index (χ4n) is 4.34. The number of nitrogens with one attached hydrogen (secondary N) is 1. The molecule has 0 radical (unpaired) electrons. The van der Waals surface area contributed by atoms with Crippen LogP contribution in [0, 0.1) is 11.3 Å². The fraction of sp³-hybridized carbons (Fsp3) is 0.579. The van der Waals surface area contributed by atoms with E-state index in [1.54, 1.807) is 7.05 Å². The molecular weight excluding hydrogens is 354 g/mol. The zero-order valence-electron chi connectivity index (χ0n) is 15.5. The second-order valence-corrected chi connectivity index (χ2v) is 7.71. The van der Waals surface area contributed by atoms with Crippen molar-refractivity contribution in [2.24, 2.45) is 17.1 Å². The summed E-state index contributed by atoms with van der Waals surface area (Å²) in [7, 11) is 1.63. The molecule has 1 heterocycles. The molecule has 1 saturated carbocycles. The number of benzene rings is 1. The standard InChI is InChI=1S/C19H27N3O3.ClH/c1-18(2)16-14(10-7-11-25-16)19(18,20)17(24)22(3)12-15(23)21-13-8-5-4-6-9-13;/h4-6,8-9,14,16H,7,10-12,20H2,1-3H3,(H,21,23);1H. The highest BCUT2D eigenvalue weighted by Crippen LogP contribution is 2.57. The number of hydrogen-bond donors (Lipinski definition) is 2. The molecule has 1 saturated heterocycles. The number of anilines is 1. The highest BCUT2D eigenvalue weighted by molar-refractivity contribution is 5.97. The third-order valence-electron chi connectivity index (χ3n) is 5.82. The van der Waals surface area contributed by atoms with Crippen molar-refractivity contribution < 1.29 is 14.3 Å². The van der Waals surface area contributed by atoms with Gasteiger partial charge < -0.3 is 20.7 Å². The molecule has 1 aliphatic carbocycles. The van der Waals surface area contributed by atoms with Crippen molar-refractivity contribution >= 4 is 29.9 Å². The molecule has 2 fully saturated rings. The number of carbonyl (C=O) groups excluding carboxylic acids is 2. The monoisotopic (exact) mass is 381 g/mol. The van der Waals surface area contributed by atoms with E-state index in [9.17, 15) is 9.59 Å². The highest BCUT2D eigenvalue weighted by atomic mass is 35.5. The molecule has 2 amide bonds. The maximum absolute atomic E-state index is 13.1. The number of carbonyl (C=O) groups is 2. The Labute approximate surface area is 160 Å². The summed E-state index contributed by atoms with van der Waals surface area (Å²) < 4.78 is 5.85. The van der Waals surface area contributed by atoms with Crippen LogP contribution in [0.2, 0.25) is 0 Å². The molecule has 3 atom stereocenters. The first kappa shape index (κ1) is 20.7. The van der Waals surface area contributed by atoms with Crippen molar-refractivity contribution in [3.63, 3.8) is 0 Å². The van der Waals surface area contributed by atoms with Crippen molar-refractivity contribution in [3.8, 4) is 0 Å². The van der Waals surface area contributed by atoms with Gasteiger partial charge in [0.1, 0.15) is 5.54 Å². The average molecular weight is 382 g/mol. The van der Waals surface area contributed by atoms with Gasteiger partial charge in [-0.3, -0.25) is 9.59 Å². The van der Waals surface area contributed by atoms with E-state index in [0.717, 1.165) is 19.4 Å². The number of likely N-dealkylation sites (N-methyl/N-ethyl adjacent to an activating group) is 1. The second-order valence-electron chi connectivity index (χ2n) is 7.71. The van der Waals surface area contributed by atoms with Gasteiger partial charge >= 0.3 is 0 Å². The third-order valence-corrected chi connectivity index (χ3v) is 5.82. The lowest BCUT2D eigenvalue weighted by Crippen LogP contribution is -2.82. The van der Waals surface area contributed by atoms with Gasteiger partial charge in [0, 0.05) is 30.7 Å². The molecule has 0 bridgehead atoms. The van der Waals surface area contributed by atoms with Gasteiger partial charge in [-0.1, -0.05) is 32.0 Å². The van der Waals surface area contributed by atoms with E-state index in [1.807, 2.05) is 44.2 Å². The summed E-state index contributed by atoms with van der Waals surface area (Å²) in [5, 5.41) is 2.79. The Morgan fingerprint density at radius 3 is 2.62 bits per heavy atom. The Morgan fingerprint density at radius 2 is 1.96 bits per heavy atom. The average Bonchev–Trinajstić information content (AvgIpc) is 2.61. The largest absolute Gasteiger partial charge is 0.377 e. The van der Waals surface area contributed by atoms with Crippen LogP contribution in [-0.4, -0.2) is 48.6 Å². The number of hydrogen-bond acceptors (Lipinski definition) is 4. The molecular formula is C19H28ClN3O3. The van der Waals surface area contributed by atoms with Gasteiger partial charge in [-0.15, -0.1) is 12.4 Å². The number of nitrogens with zero attached hydrogens (tertiary/aromatic N) is 1. The molecule has 3 unspecified atom stereocenters. The predicted octanol–water partition coefficient (Wildman–Crippen LogP) is 2.04. The van der Waals surface area contributed by atoms with E-state index < -0.39 is 11.0 Å². The minimum atomic E-state index is -0.986. The van der Waals surface area contributed by atoms with Crippen molar-refractivity contribution in [2.45, 2.75) is 38.3 Å². The first-order valence-electron chi connectivity index (χ1n) is 8.79. The molecule has 144 valence electrons. The van der Waals surface area contributed by atoms with Gasteiger partial charge in [0.05, 0.1) is 12.6 Å². The van der Waals surface area contributed by atoms with E-state index in [-0.39, 0.29) is 42.8 Å². The predicted molar refractivity (Wildman–Crippen MR) is 103 cm³/mol. The minimum Gasteiger partial charge on any atom is -0.377 e. The summed E-state index contributed by atoms with van der Waals surface area (Å²) >= 11 is 0. The van der Waals surface area contributed by atoms with Crippen molar-refractivity contribution in [1.82, 2.24) is 4.90 Å². The van der Waals surface area contributed by atoms with Crippen molar-refractivity contribution in [3.05, 3.63) is 30.3 Å². The molecule has 1 aromatic carbocycles. The SMILES string of the molecule is CN(CC(=O)Nc1ccccc1)C(=O)C1(N)C2CCCOC2C1(C)C.Cl. The minimum absolute atomic E-state index is 0. The van der Waals surface area contributed by atoms with Crippen LogP contribution in [0.25, 0.3) is 0 Å². The first-order valence-corrected chi connectivity index (χ1v) is 8.79. The fourth-order valence-corrected chi connectivity index (χ4v) is 4.34. The molecule has 2 aliphatic rings. The Kier molecular flexibility index (Phi) is 6.00. The lowest BCUT2D eigenvalue weighted by Gasteiger charge is -2.65. The lowest BCUT2D eigenvalue weighted by atomic mass is 9.46. The quantitative estimate of drug-likeness (QED) is 0.835. The molecule has 0 spiro atoms. The number of amides is 2. The molecule has 6 nitrogen and oxygen atoms in total. The van der Waals surface area contributed by atoms with Crippen LogP contribution in [0.3, 0.4) is 0 Å². The summed E-state index contributed by atoms with van der Waals surface area (Å²) in [6.07, 6.45) is 1.82. The number of para-hydroxylation sites is 1. The number of rotatable bonds is 4. The van der Waals surface area contributed by atoms with Gasteiger partial charge in [0.25, 0.3) is 0 Å². The zero-order valence-corrected chi connectivity index (χ0v) is 16.3. The molecule has 26 heavy (non-hydrogen) atoms. The van der Waals surface area contributed by atoms with Crippen LogP contribution in [0.5, 0.6) is 0 Å². The number of halogens is 1. The zero-order chi connectivity index (χ0) is 18.2. The van der Waals surface area contributed by atoms with Crippen LogP contribution in [0.1, 0.15) is 26.7 Å². The van der Waals surface area contributed by atoms with Crippen molar-refractivity contribution in [1.29, 1.82) is 0 Å². The van der Waals surface area contributed by atoms with E-state index in [2.05, 4.69) is 5.32 Å². The molecule has 1 aromatic rings. The van der Waals surface area contributed by atoms with E-state index in [1.165, 1.54) is 4.90 Å². The maximum Gasteiger partial charge on any atom is 0.243 e. The Hall–Kier alpha value is -1.63. The topological polar surface area (TPSA) is 84.7 Å². The number of ether oxygens (including phenoxy) is 1. The Balaban J connectivity index is 0.00000243. The lowest BCUT2D eigenvalue weighted by molar-refractivity contribution is -0.229. The van der Waals surface area contributed by atoms with Crippen LogP contribution in [0.4, 0.5) is 5.69 Å². The summed E-state index contributed by atoms with van der Waals surface area (Å²) in [6, 6.07) is 9.19. The smallest absolute Gasteiger partial charge is 0.243 e. The summed E-state index contributed by atoms with van der Waals surface area (Å²) in [5.74, 6) is -0.407. The molecule has 7 heteroatoms. The summed E-state index contributed by atoms with van der Waals surface area (Å²) in [6.45, 7) is 4.66. The van der Waals surface area contributed by atoms with Crippen molar-refractivity contribution in [2.75, 3.05) is 25.5 Å². The van der Waals surface area contributed by atoms with E-state index in [4.69, 9.17) is 10.5 Å². The van der Waals surface area contributed by atoms with Crippen LogP contribution < -0.4 is 11.1 Å². The summed E-state index contributed by atoms with van der Waals surface area (Å²) in [4.78, 5) is 26.7. The second kappa shape index (κ2) is 7.55. The Morgan fingerprint density at radius 1 is 1.31 bits per heavy atom. The summed E-state index contributed by atoms with van der Waals surface area (Å²) in [5.41, 5.74) is 5.88. The van der Waals surface area contributed by atoms with Crippen LogP contribution >= 0.6 is 12.4 Å². The van der Waals surface area contributed by atoms with Gasteiger partial charge in [-0.25, -0.2) is 0 Å². The van der Waals surface area contributed by atoms with Gasteiger partial charge in [0.2, 0.25) is 11.8 Å². The van der Waals surface area contributed by atoms with Gasteiger partial charge in [-0.2, -0.15) is 0 Å². The number of fused-ring (bicyclic) bond motifs is 1. The molecule has 1 aliphatic heterocycles. The highest BCUT2D eigenvalue weighted by Gasteiger charge is 2.70. The number of nitrogens with two attached hydrogens (primary N) is 1. The first-order chi connectivity index (χ1) is 11.8. The molecule has 0 aromatic heterocycles. The third kappa shape index (κ3) is 3.21. The molecule has 3 rings (SSSR count). The van der Waals surface area contributed by atoms with Gasteiger partial charge in [-0.05, 0) is 25.0 Å². The Bertz CT molecular complexity index is 667. The van der Waals surface area contributed by atoms with Gasteiger partial charge in [0.15, 0.2) is 0 Å². The maximum atomic E-state index is 13.1. The van der Waals surface area contributed by atoms with Crippen LogP contribution in [0.15, 0.2) is 30.3 Å². The molecule has 3 N–H and O–H groups in total. The van der Waals surface area contributed by atoms with E-state index in [0.29, 0.717) is 5.69 Å². The van der Waals surface area contributed by atoms with E-state index >= 15 is 0 Å². The van der Waals surface area contributed by atoms with Crippen LogP contribution in [-0.2, 0) is 14.3 Å².